The van der Waals surface area contributed by atoms with Gasteiger partial charge in [-0.2, -0.15) is 18.5 Å². The minimum absolute atomic E-state index is 0.0359. The van der Waals surface area contributed by atoms with Crippen molar-refractivity contribution in [2.75, 3.05) is 4.72 Å². The third-order valence-corrected chi connectivity index (χ3v) is 6.61. The minimum Gasteiger partial charge on any atom is -0.439 e. The molecular weight excluding hydrogens is 442 g/mol. The molecule has 0 unspecified atom stereocenters. The fourth-order valence-corrected chi connectivity index (χ4v) is 4.30. The number of rotatable bonds is 6. The molecule has 1 N–H and O–H groups in total. The number of nitrogens with one attached hydrogen (secondary N) is 1. The van der Waals surface area contributed by atoms with E-state index in [2.05, 4.69) is 24.8 Å². The van der Waals surface area contributed by atoms with Crippen LogP contribution in [0.25, 0.3) is 5.82 Å². The summed E-state index contributed by atoms with van der Waals surface area (Å²) in [6.07, 6.45) is 1.47. The van der Waals surface area contributed by atoms with Crippen molar-refractivity contribution in [2.45, 2.75) is 39.6 Å². The van der Waals surface area contributed by atoms with Gasteiger partial charge in [0.25, 0.3) is 10.0 Å². The predicted octanol–water partition coefficient (Wildman–Crippen LogP) is 3.53. The van der Waals surface area contributed by atoms with Gasteiger partial charge in [0, 0.05) is 30.7 Å². The highest BCUT2D eigenvalue weighted by atomic mass is 32.2. The van der Waals surface area contributed by atoms with E-state index in [-0.39, 0.29) is 5.03 Å². The number of hydrogen-bond donors (Lipinski definition) is 1. The third kappa shape index (κ3) is 4.58. The van der Waals surface area contributed by atoms with Gasteiger partial charge >= 0.3 is 0 Å². The number of benzene rings is 1. The summed E-state index contributed by atoms with van der Waals surface area (Å²) in [7, 11) is -2.05. The molecule has 172 valence electrons. The predicted molar refractivity (Wildman–Crippen MR) is 123 cm³/mol. The van der Waals surface area contributed by atoms with Crippen LogP contribution in [0.1, 0.15) is 28.6 Å². The highest BCUT2D eigenvalue weighted by molar-refractivity contribution is 7.92. The van der Waals surface area contributed by atoms with Gasteiger partial charge in [0.2, 0.25) is 5.88 Å². The Morgan fingerprint density at radius 1 is 0.970 bits per heavy atom. The standard InChI is InChI=1S/C22H25N7O3S/c1-13-14(2)26-29(15(13)3)20-11-21(24-16(4)23-20)32-19-9-7-18(8-10-19)27-33(30,31)22-12-28(6)17(5)25-22/h7-12,27H,1-6H3. The lowest BCUT2D eigenvalue weighted by Crippen LogP contribution is -2.13. The van der Waals surface area contributed by atoms with Crippen LogP contribution in [-0.2, 0) is 17.1 Å². The number of sulfonamides is 1. The van der Waals surface area contributed by atoms with Crippen LogP contribution in [0.3, 0.4) is 0 Å². The van der Waals surface area contributed by atoms with E-state index in [0.717, 1.165) is 17.0 Å². The zero-order valence-corrected chi connectivity index (χ0v) is 20.1. The fourth-order valence-electron chi connectivity index (χ4n) is 3.20. The SMILES string of the molecule is Cc1nc(Oc2ccc(NS(=O)(=O)c3cn(C)c(C)n3)cc2)cc(-n2nc(C)c(C)c2C)n1. The molecule has 33 heavy (non-hydrogen) atoms. The van der Waals surface area contributed by atoms with Crippen LogP contribution in [0.4, 0.5) is 5.69 Å². The van der Waals surface area contributed by atoms with Crippen LogP contribution >= 0.6 is 0 Å². The quantitative estimate of drug-likeness (QED) is 0.461. The summed E-state index contributed by atoms with van der Waals surface area (Å²) in [6, 6.07) is 8.26. The average molecular weight is 468 g/mol. The number of aromatic nitrogens is 6. The number of anilines is 1. The number of hydrogen-bond acceptors (Lipinski definition) is 7. The van der Waals surface area contributed by atoms with Gasteiger partial charge in [-0.15, -0.1) is 0 Å². The highest BCUT2D eigenvalue weighted by Gasteiger charge is 2.19. The van der Waals surface area contributed by atoms with Gasteiger partial charge in [-0.25, -0.2) is 14.6 Å². The minimum atomic E-state index is -3.79. The summed E-state index contributed by atoms with van der Waals surface area (Å²) in [6.45, 7) is 9.48. The van der Waals surface area contributed by atoms with Crippen molar-refractivity contribution in [3.05, 3.63) is 65.1 Å². The Morgan fingerprint density at radius 3 is 2.24 bits per heavy atom. The van der Waals surface area contributed by atoms with E-state index in [1.165, 1.54) is 6.20 Å². The van der Waals surface area contributed by atoms with Crippen LogP contribution < -0.4 is 9.46 Å². The maximum Gasteiger partial charge on any atom is 0.280 e. The Morgan fingerprint density at radius 2 is 1.67 bits per heavy atom. The van der Waals surface area contributed by atoms with Gasteiger partial charge in [0.1, 0.15) is 17.4 Å². The zero-order valence-electron chi connectivity index (χ0n) is 19.3. The molecule has 0 spiro atoms. The lowest BCUT2D eigenvalue weighted by atomic mass is 10.2. The van der Waals surface area contributed by atoms with Gasteiger partial charge in [0.05, 0.1) is 5.69 Å². The Labute approximate surface area is 192 Å². The van der Waals surface area contributed by atoms with E-state index in [0.29, 0.717) is 34.8 Å². The van der Waals surface area contributed by atoms with Crippen molar-refractivity contribution in [3.8, 4) is 17.4 Å². The van der Waals surface area contributed by atoms with Gasteiger partial charge in [-0.3, -0.25) is 4.72 Å². The maximum absolute atomic E-state index is 12.6. The molecule has 0 aliphatic rings. The zero-order chi connectivity index (χ0) is 23.9. The Balaban J connectivity index is 1.53. The van der Waals surface area contributed by atoms with Crippen LogP contribution in [0.5, 0.6) is 11.6 Å². The van der Waals surface area contributed by atoms with Crippen molar-refractivity contribution >= 4 is 15.7 Å². The topological polar surface area (TPSA) is 117 Å². The highest BCUT2D eigenvalue weighted by Crippen LogP contribution is 2.25. The molecule has 0 saturated heterocycles. The Kier molecular flexibility index (Phi) is 5.66. The molecule has 0 amide bonds. The first-order valence-corrected chi connectivity index (χ1v) is 11.7. The molecule has 4 rings (SSSR count). The molecule has 0 radical (unpaired) electrons. The molecule has 0 fully saturated rings. The van der Waals surface area contributed by atoms with E-state index in [1.807, 2.05) is 20.8 Å². The summed E-state index contributed by atoms with van der Waals surface area (Å²) >= 11 is 0. The van der Waals surface area contributed by atoms with E-state index in [9.17, 15) is 8.42 Å². The maximum atomic E-state index is 12.6. The van der Waals surface area contributed by atoms with Crippen LogP contribution in [0.15, 0.2) is 41.6 Å². The Hall–Kier alpha value is -3.73. The first kappa shape index (κ1) is 22.5. The van der Waals surface area contributed by atoms with E-state index in [1.54, 1.807) is 60.5 Å². The molecule has 4 aromatic rings. The number of aryl methyl sites for hydroxylation is 4. The van der Waals surface area contributed by atoms with Gasteiger partial charge in [-0.05, 0) is 64.4 Å². The molecule has 10 nitrogen and oxygen atoms in total. The van der Waals surface area contributed by atoms with Crippen LogP contribution in [0.2, 0.25) is 0 Å². The molecule has 1 aromatic carbocycles. The van der Waals surface area contributed by atoms with Crippen LogP contribution in [-0.4, -0.2) is 37.7 Å². The molecule has 0 aliphatic heterocycles. The lowest BCUT2D eigenvalue weighted by molar-refractivity contribution is 0.459. The van der Waals surface area contributed by atoms with Gasteiger partial charge < -0.3 is 9.30 Å². The van der Waals surface area contributed by atoms with Crippen molar-refractivity contribution in [1.29, 1.82) is 0 Å². The van der Waals surface area contributed by atoms with E-state index < -0.39 is 10.0 Å². The molecule has 0 atom stereocenters. The van der Waals surface area contributed by atoms with Gasteiger partial charge in [0.15, 0.2) is 10.8 Å². The monoisotopic (exact) mass is 467 g/mol. The first-order chi connectivity index (χ1) is 15.5. The fraction of sp³-hybridized carbons (Fsp3) is 0.273. The molecule has 0 aliphatic carbocycles. The number of imidazole rings is 1. The van der Waals surface area contributed by atoms with Crippen molar-refractivity contribution in [1.82, 2.24) is 29.3 Å². The smallest absolute Gasteiger partial charge is 0.280 e. The summed E-state index contributed by atoms with van der Waals surface area (Å²) in [4.78, 5) is 12.9. The second-order valence-electron chi connectivity index (χ2n) is 7.79. The van der Waals surface area contributed by atoms with Gasteiger partial charge in [-0.1, -0.05) is 0 Å². The van der Waals surface area contributed by atoms with Crippen molar-refractivity contribution < 1.29 is 13.2 Å². The molecule has 3 aromatic heterocycles. The summed E-state index contributed by atoms with van der Waals surface area (Å²) < 4.78 is 37.0. The number of nitrogens with zero attached hydrogens (tertiary/aromatic N) is 6. The molecule has 0 saturated carbocycles. The molecular formula is C22H25N7O3S. The second-order valence-corrected chi connectivity index (χ2v) is 9.42. The van der Waals surface area contributed by atoms with E-state index >= 15 is 0 Å². The Bertz CT molecular complexity index is 1420. The number of ether oxygens (including phenoxy) is 1. The molecule has 0 bridgehead atoms. The summed E-state index contributed by atoms with van der Waals surface area (Å²) in [5.41, 5.74) is 3.43. The molecule has 3 heterocycles. The molecule has 11 heteroatoms. The third-order valence-electron chi connectivity index (χ3n) is 5.36. The lowest BCUT2D eigenvalue weighted by Gasteiger charge is -2.10. The second kappa shape index (κ2) is 8.32. The average Bonchev–Trinajstić information content (AvgIpc) is 3.23. The summed E-state index contributed by atoms with van der Waals surface area (Å²) in [5.74, 6) is 2.62. The largest absolute Gasteiger partial charge is 0.439 e. The normalized spacial score (nSPS) is 11.6. The summed E-state index contributed by atoms with van der Waals surface area (Å²) in [5, 5.41) is 4.51. The van der Waals surface area contributed by atoms with E-state index in [4.69, 9.17) is 4.74 Å². The van der Waals surface area contributed by atoms with Crippen molar-refractivity contribution in [3.63, 3.8) is 0 Å². The van der Waals surface area contributed by atoms with Crippen molar-refractivity contribution in [2.24, 2.45) is 7.05 Å². The first-order valence-electron chi connectivity index (χ1n) is 10.2. The van der Waals surface area contributed by atoms with Crippen LogP contribution in [0, 0.1) is 34.6 Å².